The van der Waals surface area contributed by atoms with E-state index in [1.807, 2.05) is 25.1 Å². The molecule has 24 heavy (non-hydrogen) atoms. The second-order valence-electron chi connectivity index (χ2n) is 6.11. The number of aryl methyl sites for hydroxylation is 1. The first-order chi connectivity index (χ1) is 11.6. The minimum Gasteiger partial charge on any atom is -0.344 e. The number of aliphatic imine (C=N–C) groups is 1. The highest BCUT2D eigenvalue weighted by molar-refractivity contribution is 6.00. The van der Waals surface area contributed by atoms with E-state index in [1.54, 1.807) is 0 Å². The molecule has 0 unspecified atom stereocenters. The standard InChI is InChI=1S/C21H19N3/c1-14-9-11-17(12-10-14)19-13-24(18-7-5-4-6-8-18)21-20(19)15(2)22-16(3)23-21/h4-13H,2H2,1,3H3,(H,22,23). The Balaban J connectivity index is 1.99. The number of amidine groups is 1. The number of hydrogen-bond acceptors (Lipinski definition) is 2. The Hall–Kier alpha value is -3.07. The van der Waals surface area contributed by atoms with Crippen LogP contribution < -0.4 is 5.32 Å². The average Bonchev–Trinajstić information content (AvgIpc) is 2.96. The van der Waals surface area contributed by atoms with Crippen molar-refractivity contribution in [3.05, 3.63) is 78.5 Å². The highest BCUT2D eigenvalue weighted by atomic mass is 15.1. The first-order valence-electron chi connectivity index (χ1n) is 8.03. The zero-order chi connectivity index (χ0) is 16.7. The van der Waals surface area contributed by atoms with Gasteiger partial charge in [0.1, 0.15) is 11.7 Å². The van der Waals surface area contributed by atoms with Crippen LogP contribution in [0.5, 0.6) is 0 Å². The van der Waals surface area contributed by atoms with Crippen LogP contribution in [0.2, 0.25) is 0 Å². The maximum Gasteiger partial charge on any atom is 0.149 e. The molecule has 0 aliphatic carbocycles. The molecule has 3 heteroatoms. The van der Waals surface area contributed by atoms with Gasteiger partial charge >= 0.3 is 0 Å². The van der Waals surface area contributed by atoms with E-state index < -0.39 is 0 Å². The lowest BCUT2D eigenvalue weighted by molar-refractivity contribution is 1.05. The fourth-order valence-electron chi connectivity index (χ4n) is 3.11. The van der Waals surface area contributed by atoms with Crippen molar-refractivity contribution in [2.24, 2.45) is 4.99 Å². The molecule has 1 aliphatic rings. The number of aromatic nitrogens is 1. The largest absolute Gasteiger partial charge is 0.344 e. The van der Waals surface area contributed by atoms with Crippen molar-refractivity contribution in [2.45, 2.75) is 13.8 Å². The molecule has 1 N–H and O–H groups in total. The van der Waals surface area contributed by atoms with Gasteiger partial charge in [-0.15, -0.1) is 0 Å². The van der Waals surface area contributed by atoms with E-state index in [1.165, 1.54) is 11.1 Å². The van der Waals surface area contributed by atoms with E-state index >= 15 is 0 Å². The Morgan fingerprint density at radius 1 is 0.958 bits per heavy atom. The van der Waals surface area contributed by atoms with Crippen LogP contribution in [0.4, 0.5) is 5.82 Å². The lowest BCUT2D eigenvalue weighted by Crippen LogP contribution is -2.21. The summed E-state index contributed by atoms with van der Waals surface area (Å²) in [5, 5.41) is 3.26. The maximum atomic E-state index is 4.74. The summed E-state index contributed by atoms with van der Waals surface area (Å²) in [6.45, 7) is 8.27. The molecular weight excluding hydrogens is 294 g/mol. The van der Waals surface area contributed by atoms with Crippen LogP contribution in [0.1, 0.15) is 18.1 Å². The summed E-state index contributed by atoms with van der Waals surface area (Å²) in [5.74, 6) is 1.79. The second kappa shape index (κ2) is 5.53. The van der Waals surface area contributed by atoms with Gasteiger partial charge in [0, 0.05) is 23.1 Å². The Morgan fingerprint density at radius 2 is 1.67 bits per heavy atom. The van der Waals surface area contributed by atoms with E-state index in [0.717, 1.165) is 34.2 Å². The summed E-state index contributed by atoms with van der Waals surface area (Å²) in [4.78, 5) is 4.74. The van der Waals surface area contributed by atoms with E-state index in [-0.39, 0.29) is 0 Å². The molecule has 0 amide bonds. The second-order valence-corrected chi connectivity index (χ2v) is 6.11. The van der Waals surface area contributed by atoms with Crippen LogP contribution in [-0.2, 0) is 0 Å². The molecule has 0 saturated carbocycles. The van der Waals surface area contributed by atoms with Gasteiger partial charge in [-0.25, -0.2) is 4.99 Å². The minimum atomic E-state index is 0.859. The van der Waals surface area contributed by atoms with Crippen LogP contribution in [-0.4, -0.2) is 10.4 Å². The van der Waals surface area contributed by atoms with Crippen LogP contribution in [0, 0.1) is 6.92 Å². The molecule has 0 atom stereocenters. The van der Waals surface area contributed by atoms with Crippen molar-refractivity contribution in [2.75, 3.05) is 0 Å². The molecule has 3 aromatic rings. The van der Waals surface area contributed by atoms with Gasteiger partial charge in [0.25, 0.3) is 0 Å². The van der Waals surface area contributed by atoms with Gasteiger partial charge in [0.2, 0.25) is 0 Å². The van der Waals surface area contributed by atoms with Crippen molar-refractivity contribution in [1.29, 1.82) is 0 Å². The summed E-state index contributed by atoms with van der Waals surface area (Å²) in [6, 6.07) is 18.9. The Labute approximate surface area is 142 Å². The lowest BCUT2D eigenvalue weighted by atomic mass is 10.0. The Morgan fingerprint density at radius 3 is 2.38 bits per heavy atom. The predicted molar refractivity (Wildman–Crippen MR) is 101 cm³/mol. The van der Waals surface area contributed by atoms with Gasteiger partial charge in [-0.05, 0) is 31.5 Å². The molecule has 118 valence electrons. The number of hydrogen-bond donors (Lipinski definition) is 1. The lowest BCUT2D eigenvalue weighted by Gasteiger charge is -2.18. The topological polar surface area (TPSA) is 29.3 Å². The smallest absolute Gasteiger partial charge is 0.149 e. The van der Waals surface area contributed by atoms with Crippen LogP contribution in [0.3, 0.4) is 0 Å². The summed E-state index contributed by atoms with van der Waals surface area (Å²) < 4.78 is 2.14. The predicted octanol–water partition coefficient (Wildman–Crippen LogP) is 5.08. The molecule has 0 saturated heterocycles. The summed E-state index contributed by atoms with van der Waals surface area (Å²) >= 11 is 0. The molecule has 0 spiro atoms. The zero-order valence-corrected chi connectivity index (χ0v) is 13.9. The van der Waals surface area contributed by atoms with E-state index in [4.69, 9.17) is 4.99 Å². The average molecular weight is 313 g/mol. The SMILES string of the molecule is C=C1NC(C)=Nc2c1c(-c1ccc(C)cc1)cn2-c1ccccc1. The van der Waals surface area contributed by atoms with Gasteiger partial charge < -0.3 is 9.88 Å². The van der Waals surface area contributed by atoms with Gasteiger partial charge in [0.15, 0.2) is 0 Å². The van der Waals surface area contributed by atoms with Gasteiger partial charge in [0.05, 0.1) is 5.56 Å². The number of benzene rings is 2. The zero-order valence-electron chi connectivity index (χ0n) is 13.9. The maximum absolute atomic E-state index is 4.74. The molecule has 2 aromatic carbocycles. The van der Waals surface area contributed by atoms with E-state index in [2.05, 4.69) is 66.0 Å². The third-order valence-electron chi connectivity index (χ3n) is 4.28. The summed E-state index contributed by atoms with van der Waals surface area (Å²) in [6.07, 6.45) is 2.15. The summed E-state index contributed by atoms with van der Waals surface area (Å²) in [7, 11) is 0. The van der Waals surface area contributed by atoms with Crippen LogP contribution in [0.25, 0.3) is 22.5 Å². The fraction of sp³-hybridized carbons (Fsp3) is 0.0952. The van der Waals surface area contributed by atoms with Crippen LogP contribution in [0.15, 0.2) is 72.4 Å². The first kappa shape index (κ1) is 14.5. The first-order valence-corrected chi connectivity index (χ1v) is 8.03. The number of para-hydroxylation sites is 1. The van der Waals surface area contributed by atoms with Crippen LogP contribution >= 0.6 is 0 Å². The monoisotopic (exact) mass is 313 g/mol. The molecule has 0 fully saturated rings. The quantitative estimate of drug-likeness (QED) is 0.702. The van der Waals surface area contributed by atoms with Gasteiger partial charge in [-0.3, -0.25) is 0 Å². The number of fused-ring (bicyclic) bond motifs is 1. The van der Waals surface area contributed by atoms with Crippen molar-refractivity contribution >= 4 is 17.4 Å². The highest BCUT2D eigenvalue weighted by Crippen LogP contribution is 2.40. The molecule has 2 heterocycles. The molecule has 0 bridgehead atoms. The minimum absolute atomic E-state index is 0.859. The van der Waals surface area contributed by atoms with Crippen molar-refractivity contribution in [3.8, 4) is 16.8 Å². The highest BCUT2D eigenvalue weighted by Gasteiger charge is 2.23. The molecular formula is C21H19N3. The van der Waals surface area contributed by atoms with Crippen molar-refractivity contribution in [3.63, 3.8) is 0 Å². The molecule has 3 nitrogen and oxygen atoms in total. The molecule has 1 aliphatic heterocycles. The number of nitrogens with zero attached hydrogens (tertiary/aromatic N) is 2. The molecule has 0 radical (unpaired) electrons. The normalized spacial score (nSPS) is 13.2. The molecule has 1 aromatic heterocycles. The van der Waals surface area contributed by atoms with E-state index in [0.29, 0.717) is 0 Å². The number of nitrogens with one attached hydrogen (secondary N) is 1. The van der Waals surface area contributed by atoms with Gasteiger partial charge in [-0.1, -0.05) is 54.6 Å². The Bertz CT molecular complexity index is 945. The third-order valence-corrected chi connectivity index (χ3v) is 4.28. The Kier molecular flexibility index (Phi) is 3.35. The van der Waals surface area contributed by atoms with Gasteiger partial charge in [-0.2, -0.15) is 0 Å². The summed E-state index contributed by atoms with van der Waals surface area (Å²) in [5.41, 5.74) is 6.61. The third kappa shape index (κ3) is 2.35. The fourth-order valence-corrected chi connectivity index (χ4v) is 3.11. The molecule has 4 rings (SSSR count). The van der Waals surface area contributed by atoms with E-state index in [9.17, 15) is 0 Å². The number of rotatable bonds is 2. The van der Waals surface area contributed by atoms with Crippen molar-refractivity contribution in [1.82, 2.24) is 9.88 Å². The van der Waals surface area contributed by atoms with Crippen molar-refractivity contribution < 1.29 is 0 Å².